The lowest BCUT2D eigenvalue weighted by Crippen LogP contribution is -2.48. The monoisotopic (exact) mass is 286 g/mol. The number of nitrogens with zero attached hydrogens (tertiary/aromatic N) is 2. The molecule has 3 N–H and O–H groups in total. The lowest BCUT2D eigenvalue weighted by Gasteiger charge is -2.39. The number of nitrogens with one attached hydrogen (secondary N) is 1. The Morgan fingerprint density at radius 1 is 1.43 bits per heavy atom. The summed E-state index contributed by atoms with van der Waals surface area (Å²) in [5.41, 5.74) is 6.61. The van der Waals surface area contributed by atoms with Crippen LogP contribution < -0.4 is 11.3 Å². The van der Waals surface area contributed by atoms with Crippen molar-refractivity contribution in [3.05, 3.63) is 40.4 Å². The zero-order valence-electron chi connectivity index (χ0n) is 12.4. The SMILES string of the molecule is CC1CCCN(Cc2nc3ccccc3c(=O)[nH]2)C1CN. The molecule has 1 aliphatic rings. The van der Waals surface area contributed by atoms with E-state index in [2.05, 4.69) is 21.8 Å². The van der Waals surface area contributed by atoms with Crippen molar-refractivity contribution in [2.24, 2.45) is 11.7 Å². The van der Waals surface area contributed by atoms with Gasteiger partial charge >= 0.3 is 0 Å². The fraction of sp³-hybridized carbons (Fsp3) is 0.500. The molecule has 5 heteroatoms. The summed E-state index contributed by atoms with van der Waals surface area (Å²) in [6.45, 7) is 4.58. The first kappa shape index (κ1) is 14.2. The van der Waals surface area contributed by atoms with Crippen molar-refractivity contribution in [1.29, 1.82) is 0 Å². The van der Waals surface area contributed by atoms with Gasteiger partial charge in [-0.25, -0.2) is 4.98 Å². The number of fused-ring (bicyclic) bond motifs is 1. The van der Waals surface area contributed by atoms with Gasteiger partial charge in [0, 0.05) is 12.6 Å². The number of para-hydroxylation sites is 1. The molecule has 0 aliphatic carbocycles. The van der Waals surface area contributed by atoms with Gasteiger partial charge in [0.05, 0.1) is 17.4 Å². The van der Waals surface area contributed by atoms with Crippen molar-refractivity contribution in [3.8, 4) is 0 Å². The van der Waals surface area contributed by atoms with E-state index in [4.69, 9.17) is 5.73 Å². The molecule has 2 atom stereocenters. The van der Waals surface area contributed by atoms with E-state index < -0.39 is 0 Å². The molecule has 1 aromatic heterocycles. The molecule has 0 saturated carbocycles. The van der Waals surface area contributed by atoms with Crippen LogP contribution in [0.15, 0.2) is 29.1 Å². The lowest BCUT2D eigenvalue weighted by atomic mass is 9.91. The summed E-state index contributed by atoms with van der Waals surface area (Å²) in [6, 6.07) is 7.82. The number of rotatable bonds is 3. The molecule has 112 valence electrons. The molecule has 2 heterocycles. The van der Waals surface area contributed by atoms with Crippen LogP contribution in [0.5, 0.6) is 0 Å². The Labute approximate surface area is 124 Å². The second kappa shape index (κ2) is 5.95. The maximum absolute atomic E-state index is 12.1. The fourth-order valence-corrected chi connectivity index (χ4v) is 3.31. The summed E-state index contributed by atoms with van der Waals surface area (Å²) >= 11 is 0. The fourth-order valence-electron chi connectivity index (χ4n) is 3.31. The number of hydrogen-bond donors (Lipinski definition) is 2. The average molecular weight is 286 g/mol. The Bertz CT molecular complexity index is 681. The van der Waals surface area contributed by atoms with Gasteiger partial charge in [-0.1, -0.05) is 19.1 Å². The molecule has 21 heavy (non-hydrogen) atoms. The topological polar surface area (TPSA) is 75.0 Å². The summed E-state index contributed by atoms with van der Waals surface area (Å²) < 4.78 is 0. The van der Waals surface area contributed by atoms with Crippen LogP contribution in [0.3, 0.4) is 0 Å². The van der Waals surface area contributed by atoms with Crippen LogP contribution in [0.1, 0.15) is 25.6 Å². The Morgan fingerprint density at radius 3 is 3.05 bits per heavy atom. The van der Waals surface area contributed by atoms with Gasteiger partial charge in [-0.2, -0.15) is 0 Å². The number of likely N-dealkylation sites (tertiary alicyclic amines) is 1. The van der Waals surface area contributed by atoms with Gasteiger partial charge in [0.15, 0.2) is 0 Å². The first-order valence-electron chi connectivity index (χ1n) is 7.61. The maximum atomic E-state index is 12.1. The smallest absolute Gasteiger partial charge is 0.258 e. The molecule has 2 unspecified atom stereocenters. The first-order valence-corrected chi connectivity index (χ1v) is 7.61. The molecule has 2 aromatic rings. The molecule has 5 nitrogen and oxygen atoms in total. The molecule has 1 saturated heterocycles. The van der Waals surface area contributed by atoms with Crippen molar-refractivity contribution in [2.75, 3.05) is 13.1 Å². The molecule has 3 rings (SSSR count). The van der Waals surface area contributed by atoms with Crippen LogP contribution in [-0.2, 0) is 6.54 Å². The van der Waals surface area contributed by atoms with Crippen LogP contribution in [0.2, 0.25) is 0 Å². The third-order valence-electron chi connectivity index (χ3n) is 4.49. The van der Waals surface area contributed by atoms with E-state index >= 15 is 0 Å². The van der Waals surface area contributed by atoms with Crippen molar-refractivity contribution < 1.29 is 0 Å². The summed E-state index contributed by atoms with van der Waals surface area (Å²) in [4.78, 5) is 22.0. The van der Waals surface area contributed by atoms with Gasteiger partial charge in [-0.15, -0.1) is 0 Å². The van der Waals surface area contributed by atoms with Crippen molar-refractivity contribution in [1.82, 2.24) is 14.9 Å². The Hall–Kier alpha value is -1.72. The quantitative estimate of drug-likeness (QED) is 0.896. The second-order valence-electron chi connectivity index (χ2n) is 5.92. The van der Waals surface area contributed by atoms with Crippen LogP contribution in [0.4, 0.5) is 0 Å². The van der Waals surface area contributed by atoms with Crippen molar-refractivity contribution in [2.45, 2.75) is 32.4 Å². The van der Waals surface area contributed by atoms with E-state index in [1.165, 1.54) is 12.8 Å². The summed E-state index contributed by atoms with van der Waals surface area (Å²) in [5, 5.41) is 0.642. The van der Waals surface area contributed by atoms with E-state index in [0.717, 1.165) is 17.9 Å². The lowest BCUT2D eigenvalue weighted by molar-refractivity contribution is 0.0964. The minimum Gasteiger partial charge on any atom is -0.329 e. The van der Waals surface area contributed by atoms with Crippen LogP contribution in [-0.4, -0.2) is 34.0 Å². The Kier molecular flexibility index (Phi) is 4.03. The minimum absolute atomic E-state index is 0.0649. The van der Waals surface area contributed by atoms with Crippen LogP contribution in [0, 0.1) is 5.92 Å². The molecule has 0 radical (unpaired) electrons. The van der Waals surface area contributed by atoms with E-state index in [9.17, 15) is 4.79 Å². The number of aromatic nitrogens is 2. The maximum Gasteiger partial charge on any atom is 0.258 e. The third-order valence-corrected chi connectivity index (χ3v) is 4.49. The molecular weight excluding hydrogens is 264 g/mol. The molecule has 1 fully saturated rings. The molecule has 0 spiro atoms. The Morgan fingerprint density at radius 2 is 2.24 bits per heavy atom. The van der Waals surface area contributed by atoms with E-state index in [0.29, 0.717) is 30.4 Å². The largest absolute Gasteiger partial charge is 0.329 e. The Balaban J connectivity index is 1.89. The van der Waals surface area contributed by atoms with Gasteiger partial charge in [-0.3, -0.25) is 9.69 Å². The number of aromatic amines is 1. The van der Waals surface area contributed by atoms with Gasteiger partial charge in [0.2, 0.25) is 0 Å². The third kappa shape index (κ3) is 2.84. The minimum atomic E-state index is -0.0649. The number of piperidine rings is 1. The van der Waals surface area contributed by atoms with Crippen LogP contribution in [0.25, 0.3) is 10.9 Å². The number of H-pyrrole nitrogens is 1. The van der Waals surface area contributed by atoms with E-state index in [1.807, 2.05) is 18.2 Å². The first-order chi connectivity index (χ1) is 10.2. The van der Waals surface area contributed by atoms with Gasteiger partial charge in [-0.05, 0) is 37.4 Å². The molecule has 0 amide bonds. The number of nitrogens with two attached hydrogens (primary N) is 1. The molecular formula is C16H22N4O. The van der Waals surface area contributed by atoms with E-state index in [-0.39, 0.29) is 5.56 Å². The summed E-state index contributed by atoms with van der Waals surface area (Å²) in [6.07, 6.45) is 2.40. The zero-order chi connectivity index (χ0) is 14.8. The molecule has 1 aliphatic heterocycles. The predicted molar refractivity (Wildman–Crippen MR) is 84.0 cm³/mol. The van der Waals surface area contributed by atoms with Crippen LogP contribution >= 0.6 is 0 Å². The van der Waals surface area contributed by atoms with E-state index in [1.54, 1.807) is 6.07 Å². The van der Waals surface area contributed by atoms with Gasteiger partial charge < -0.3 is 10.7 Å². The highest BCUT2D eigenvalue weighted by atomic mass is 16.1. The highest BCUT2D eigenvalue weighted by Crippen LogP contribution is 2.23. The predicted octanol–water partition coefficient (Wildman–Crippen LogP) is 1.48. The zero-order valence-corrected chi connectivity index (χ0v) is 12.4. The standard InChI is InChI=1S/C16H22N4O/c1-11-5-4-8-20(14(11)9-17)10-15-18-13-7-3-2-6-12(13)16(21)19-15/h2-3,6-7,11,14H,4-5,8-10,17H2,1H3,(H,18,19,21). The molecule has 1 aromatic carbocycles. The molecule has 0 bridgehead atoms. The summed E-state index contributed by atoms with van der Waals surface area (Å²) in [5.74, 6) is 1.32. The number of benzene rings is 1. The summed E-state index contributed by atoms with van der Waals surface area (Å²) in [7, 11) is 0. The normalized spacial score (nSPS) is 23.5. The second-order valence-corrected chi connectivity index (χ2v) is 5.92. The van der Waals surface area contributed by atoms with Gasteiger partial charge in [0.1, 0.15) is 5.82 Å². The number of hydrogen-bond acceptors (Lipinski definition) is 4. The highest BCUT2D eigenvalue weighted by Gasteiger charge is 2.27. The van der Waals surface area contributed by atoms with Crippen molar-refractivity contribution in [3.63, 3.8) is 0 Å². The van der Waals surface area contributed by atoms with Gasteiger partial charge in [0.25, 0.3) is 5.56 Å². The highest BCUT2D eigenvalue weighted by molar-refractivity contribution is 5.77. The average Bonchev–Trinajstić information content (AvgIpc) is 2.47. The van der Waals surface area contributed by atoms with Crippen molar-refractivity contribution >= 4 is 10.9 Å².